The van der Waals surface area contributed by atoms with Crippen molar-refractivity contribution in [3.63, 3.8) is 0 Å². The van der Waals surface area contributed by atoms with E-state index in [0.717, 1.165) is 17.1 Å². The average molecular weight is 776 g/mol. The summed E-state index contributed by atoms with van der Waals surface area (Å²) in [6, 6.07) is 79.1. The van der Waals surface area contributed by atoms with Crippen LogP contribution in [0.1, 0.15) is 23.6 Å². The molecule has 11 rings (SSSR count). The summed E-state index contributed by atoms with van der Waals surface area (Å²) < 4.78 is 0. The number of anilines is 3. The van der Waals surface area contributed by atoms with E-state index in [1.54, 1.807) is 0 Å². The number of rotatable bonds is 6. The maximum Gasteiger partial charge on any atom is 0.148 e. The van der Waals surface area contributed by atoms with E-state index >= 15 is 0 Å². The highest BCUT2D eigenvalue weighted by Crippen LogP contribution is 2.57. The van der Waals surface area contributed by atoms with Gasteiger partial charge in [-0.2, -0.15) is 0 Å². The van der Waals surface area contributed by atoms with Crippen LogP contribution in [0.5, 0.6) is 0 Å². The smallest absolute Gasteiger partial charge is 0.148 e. The van der Waals surface area contributed by atoms with Gasteiger partial charge in [-0.1, -0.05) is 188 Å². The maximum absolute atomic E-state index is 2.56. The maximum atomic E-state index is 2.56. The fraction of sp³-hybridized carbons (Fsp3) is 0.0545. The van der Waals surface area contributed by atoms with E-state index in [1.807, 2.05) is 11.8 Å². The van der Waals surface area contributed by atoms with Crippen LogP contribution in [0, 0.1) is 0 Å². The van der Waals surface area contributed by atoms with E-state index < -0.39 is 8.07 Å². The van der Waals surface area contributed by atoms with Gasteiger partial charge < -0.3 is 4.90 Å². The molecule has 0 radical (unpaired) electrons. The van der Waals surface area contributed by atoms with Crippen LogP contribution in [-0.2, 0) is 5.41 Å². The first-order chi connectivity index (χ1) is 28.5. The molecule has 0 fully saturated rings. The van der Waals surface area contributed by atoms with Crippen molar-refractivity contribution < 1.29 is 0 Å². The second-order valence-corrected chi connectivity index (χ2v) is 20.9. The van der Waals surface area contributed by atoms with Gasteiger partial charge in [0.25, 0.3) is 0 Å². The van der Waals surface area contributed by atoms with Crippen molar-refractivity contribution in [3.05, 3.63) is 229 Å². The predicted molar refractivity (Wildman–Crippen MR) is 249 cm³/mol. The number of benzene rings is 9. The van der Waals surface area contributed by atoms with Gasteiger partial charge in [0.05, 0.1) is 0 Å². The molecule has 0 spiro atoms. The predicted octanol–water partition coefficient (Wildman–Crippen LogP) is 12.9. The molecule has 9 aromatic carbocycles. The third-order valence-electron chi connectivity index (χ3n) is 12.9. The Balaban J connectivity index is 1.14. The van der Waals surface area contributed by atoms with E-state index in [9.17, 15) is 0 Å². The molecule has 0 bridgehead atoms. The Bertz CT molecular complexity index is 3000. The minimum Gasteiger partial charge on any atom is -0.310 e. The van der Waals surface area contributed by atoms with E-state index in [0.29, 0.717) is 0 Å². The van der Waals surface area contributed by atoms with Crippen molar-refractivity contribution in [3.8, 4) is 22.3 Å². The van der Waals surface area contributed by atoms with E-state index in [1.165, 1.54) is 75.1 Å². The molecule has 9 aromatic rings. The molecule has 0 aromatic heterocycles. The zero-order chi connectivity index (χ0) is 38.8. The number of fused-ring (bicyclic) bond motifs is 7. The molecule has 2 aliphatic rings. The number of nitrogens with zero attached hydrogens (tertiary/aromatic N) is 1. The summed E-state index contributed by atoms with van der Waals surface area (Å²) in [6.07, 6.45) is 0. The number of hydrogen-bond donors (Lipinski definition) is 0. The zero-order valence-corrected chi connectivity index (χ0v) is 34.4. The summed E-state index contributed by atoms with van der Waals surface area (Å²) in [5.41, 5.74) is 12.2. The first-order valence-electron chi connectivity index (χ1n) is 20.2. The lowest BCUT2D eigenvalue weighted by molar-refractivity contribution is 0.713. The minimum atomic E-state index is -2.34. The average Bonchev–Trinajstić information content (AvgIpc) is 3.56. The molecule has 276 valence electrons. The monoisotopic (exact) mass is 775 g/mol. The first kappa shape index (κ1) is 34.8. The summed E-state index contributed by atoms with van der Waals surface area (Å²) >= 11 is 1.97. The topological polar surface area (TPSA) is 3.24 Å². The summed E-state index contributed by atoms with van der Waals surface area (Å²) in [4.78, 5) is 5.25. The summed E-state index contributed by atoms with van der Waals surface area (Å²) in [5.74, 6) is 0. The van der Waals surface area contributed by atoms with Gasteiger partial charge in [-0.15, -0.1) is 0 Å². The second kappa shape index (κ2) is 13.6. The SMILES string of the molecule is CC1(c2ccccc2)c2cc(N(c3ccc(-c4ccccc4)cc3)c3ccc4ccccc4c3)ccc2-c2c1ccc1c2Sc2ccccc2[Si]1(C)c1ccccc1. The Morgan fingerprint density at radius 3 is 1.84 bits per heavy atom. The zero-order valence-electron chi connectivity index (χ0n) is 32.6. The quantitative estimate of drug-likeness (QED) is 0.155. The van der Waals surface area contributed by atoms with Crippen molar-refractivity contribution >= 4 is 63.2 Å². The van der Waals surface area contributed by atoms with Gasteiger partial charge in [-0.25, -0.2) is 0 Å². The van der Waals surface area contributed by atoms with Crippen molar-refractivity contribution in [2.75, 3.05) is 4.90 Å². The molecule has 1 aliphatic heterocycles. The summed E-state index contributed by atoms with van der Waals surface area (Å²) in [5, 5.41) is 6.92. The third-order valence-corrected chi connectivity index (χ3v) is 18.9. The van der Waals surface area contributed by atoms with Crippen LogP contribution in [0.15, 0.2) is 222 Å². The Hall–Kier alpha value is -6.39. The fourth-order valence-corrected chi connectivity index (χ4v) is 16.1. The Kier molecular flexibility index (Phi) is 8.18. The highest BCUT2D eigenvalue weighted by atomic mass is 32.2. The molecule has 58 heavy (non-hydrogen) atoms. The van der Waals surface area contributed by atoms with Gasteiger partial charge in [0.1, 0.15) is 8.07 Å². The summed E-state index contributed by atoms with van der Waals surface area (Å²) in [6.45, 7) is 5.01. The molecular formula is C55H41NSSi. The van der Waals surface area contributed by atoms with Crippen molar-refractivity contribution in [2.45, 2.75) is 28.7 Å². The standard InChI is InChI=1S/C55H41NSSi/c1-55(42-20-8-4-9-21-42)48-34-35-52-54(57-50-24-14-15-25-51(50)58(52,2)46-22-10-5-11-23-46)53(48)47-33-32-45(37-49(47)55)56(44-31-28-39-18-12-13-19-41(39)36-44)43-29-26-40(27-30-43)38-16-6-3-7-17-38/h3-37H,1-2H3. The van der Waals surface area contributed by atoms with Crippen LogP contribution >= 0.6 is 11.8 Å². The van der Waals surface area contributed by atoms with Gasteiger partial charge >= 0.3 is 0 Å². The lowest BCUT2D eigenvalue weighted by Gasteiger charge is -2.38. The molecule has 1 aliphatic carbocycles. The van der Waals surface area contributed by atoms with Crippen LogP contribution in [0.3, 0.4) is 0 Å². The van der Waals surface area contributed by atoms with Crippen LogP contribution in [-0.4, -0.2) is 8.07 Å². The second-order valence-electron chi connectivity index (χ2n) is 16.0. The largest absolute Gasteiger partial charge is 0.310 e. The van der Waals surface area contributed by atoms with Gasteiger partial charge in [0.15, 0.2) is 0 Å². The minimum absolute atomic E-state index is 0.370. The highest BCUT2D eigenvalue weighted by molar-refractivity contribution is 8.00. The summed E-state index contributed by atoms with van der Waals surface area (Å²) in [7, 11) is -2.34. The molecule has 1 nitrogen and oxygen atoms in total. The molecule has 2 unspecified atom stereocenters. The molecule has 0 amide bonds. The molecule has 2 atom stereocenters. The highest BCUT2D eigenvalue weighted by Gasteiger charge is 2.47. The van der Waals surface area contributed by atoms with Crippen molar-refractivity contribution in [1.29, 1.82) is 0 Å². The molecule has 0 N–H and O–H groups in total. The molecule has 0 saturated heterocycles. The van der Waals surface area contributed by atoms with Gasteiger partial charge in [-0.05, 0) is 109 Å². The Morgan fingerprint density at radius 2 is 1.07 bits per heavy atom. The van der Waals surface area contributed by atoms with Crippen LogP contribution < -0.4 is 20.5 Å². The van der Waals surface area contributed by atoms with Crippen molar-refractivity contribution in [2.24, 2.45) is 0 Å². The fourth-order valence-electron chi connectivity index (χ4n) is 9.80. The third kappa shape index (κ3) is 5.31. The van der Waals surface area contributed by atoms with Gasteiger partial charge in [-0.3, -0.25) is 0 Å². The molecule has 0 saturated carbocycles. The van der Waals surface area contributed by atoms with Crippen LogP contribution in [0.2, 0.25) is 6.55 Å². The van der Waals surface area contributed by atoms with Crippen LogP contribution in [0.4, 0.5) is 17.1 Å². The van der Waals surface area contributed by atoms with E-state index in [-0.39, 0.29) is 5.41 Å². The van der Waals surface area contributed by atoms with E-state index in [4.69, 9.17) is 0 Å². The first-order valence-corrected chi connectivity index (χ1v) is 23.5. The van der Waals surface area contributed by atoms with Gasteiger partial charge in [0, 0.05) is 37.8 Å². The lowest BCUT2D eigenvalue weighted by atomic mass is 9.74. The molecular weight excluding hydrogens is 735 g/mol. The van der Waals surface area contributed by atoms with Gasteiger partial charge in [0.2, 0.25) is 0 Å². The molecule has 3 heteroatoms. The molecule has 1 heterocycles. The van der Waals surface area contributed by atoms with Crippen molar-refractivity contribution in [1.82, 2.24) is 0 Å². The van der Waals surface area contributed by atoms with Crippen LogP contribution in [0.25, 0.3) is 33.0 Å². The Morgan fingerprint density at radius 1 is 0.466 bits per heavy atom. The number of hydrogen-bond acceptors (Lipinski definition) is 2. The Labute approximate surface area is 346 Å². The lowest BCUT2D eigenvalue weighted by Crippen LogP contribution is -2.67. The van der Waals surface area contributed by atoms with E-state index in [2.05, 4.69) is 231 Å². The normalized spacial score (nSPS) is 17.6.